The normalized spacial score (nSPS) is 12.1. The first kappa shape index (κ1) is 12.2. The first-order valence-corrected chi connectivity index (χ1v) is 5.59. The second kappa shape index (κ2) is 5.29. The third kappa shape index (κ3) is 3.33. The molecule has 0 bridgehead atoms. The van der Waals surface area contributed by atoms with E-state index in [0.717, 1.165) is 13.1 Å². The second-order valence-electron chi connectivity index (χ2n) is 4.08. The number of nitrogens with zero attached hydrogens (tertiary/aromatic N) is 1. The lowest BCUT2D eigenvalue weighted by Gasteiger charge is -2.31. The van der Waals surface area contributed by atoms with Gasteiger partial charge in [0, 0.05) is 13.1 Å². The van der Waals surface area contributed by atoms with Gasteiger partial charge in [-0.1, -0.05) is 44.2 Å². The molecule has 0 unspecified atom stereocenters. The van der Waals surface area contributed by atoms with Crippen LogP contribution in [-0.4, -0.2) is 18.2 Å². The van der Waals surface area contributed by atoms with E-state index in [2.05, 4.69) is 39.8 Å². The molecule has 0 N–H and O–H groups in total. The van der Waals surface area contributed by atoms with E-state index in [1.54, 1.807) is 0 Å². The molecule has 1 aromatic carbocycles. The van der Waals surface area contributed by atoms with Crippen LogP contribution in [0.25, 0.3) is 0 Å². The van der Waals surface area contributed by atoms with Crippen LogP contribution in [0.3, 0.4) is 0 Å². The van der Waals surface area contributed by atoms with Crippen LogP contribution in [0.1, 0.15) is 33.3 Å². The van der Waals surface area contributed by atoms with Crippen molar-refractivity contribution < 1.29 is 4.84 Å². The molecule has 0 aliphatic rings. The summed E-state index contributed by atoms with van der Waals surface area (Å²) in [6.07, 6.45) is 0. The largest absolute Gasteiger partial charge is 0.288 e. The summed E-state index contributed by atoms with van der Waals surface area (Å²) >= 11 is 0. The molecule has 0 amide bonds. The third-order valence-corrected chi connectivity index (χ3v) is 2.53. The highest BCUT2D eigenvalue weighted by atomic mass is 16.7. The van der Waals surface area contributed by atoms with Crippen LogP contribution in [0.2, 0.25) is 0 Å². The van der Waals surface area contributed by atoms with Crippen LogP contribution < -0.4 is 0 Å². The molecule has 0 aliphatic heterocycles. The SMILES string of the molecule is CCN(CC)OC(C)(C)c1ccccc1. The van der Waals surface area contributed by atoms with Crippen LogP contribution in [0.5, 0.6) is 0 Å². The summed E-state index contributed by atoms with van der Waals surface area (Å²) in [7, 11) is 0. The maximum Gasteiger partial charge on any atom is 0.109 e. The Labute approximate surface area is 92.8 Å². The van der Waals surface area contributed by atoms with Gasteiger partial charge in [0.1, 0.15) is 5.60 Å². The second-order valence-corrected chi connectivity index (χ2v) is 4.08. The van der Waals surface area contributed by atoms with E-state index in [0.29, 0.717) is 0 Å². The maximum atomic E-state index is 5.96. The quantitative estimate of drug-likeness (QED) is 0.687. The number of hydrogen-bond acceptors (Lipinski definition) is 2. The van der Waals surface area contributed by atoms with E-state index in [1.165, 1.54) is 5.56 Å². The van der Waals surface area contributed by atoms with Crippen LogP contribution in [0.4, 0.5) is 0 Å². The van der Waals surface area contributed by atoms with Crippen LogP contribution >= 0.6 is 0 Å². The monoisotopic (exact) mass is 207 g/mol. The number of hydrogen-bond donors (Lipinski definition) is 0. The zero-order chi connectivity index (χ0) is 11.3. The molecule has 0 fully saturated rings. The molecule has 0 aromatic heterocycles. The molecule has 2 nitrogen and oxygen atoms in total. The fourth-order valence-electron chi connectivity index (χ4n) is 1.57. The third-order valence-electron chi connectivity index (χ3n) is 2.53. The van der Waals surface area contributed by atoms with Crippen molar-refractivity contribution in [2.24, 2.45) is 0 Å². The Morgan fingerprint density at radius 2 is 1.60 bits per heavy atom. The minimum atomic E-state index is -0.257. The predicted molar refractivity (Wildman–Crippen MR) is 63.5 cm³/mol. The molecule has 1 rings (SSSR count). The number of rotatable bonds is 5. The molecule has 1 aromatic rings. The summed E-state index contributed by atoms with van der Waals surface area (Å²) < 4.78 is 0. The Hall–Kier alpha value is -0.860. The van der Waals surface area contributed by atoms with Gasteiger partial charge in [-0.3, -0.25) is 4.84 Å². The summed E-state index contributed by atoms with van der Waals surface area (Å²) in [5.41, 5.74) is 0.949. The Balaban J connectivity index is 2.74. The van der Waals surface area contributed by atoms with Crippen molar-refractivity contribution in [2.45, 2.75) is 33.3 Å². The predicted octanol–water partition coefficient (Wildman–Crippen LogP) is 3.20. The first-order valence-electron chi connectivity index (χ1n) is 5.59. The minimum absolute atomic E-state index is 0.257. The van der Waals surface area contributed by atoms with E-state index in [9.17, 15) is 0 Å². The van der Waals surface area contributed by atoms with Crippen molar-refractivity contribution in [3.63, 3.8) is 0 Å². The molecule has 2 heteroatoms. The van der Waals surface area contributed by atoms with Gasteiger partial charge >= 0.3 is 0 Å². The topological polar surface area (TPSA) is 12.5 Å². The van der Waals surface area contributed by atoms with Gasteiger partial charge in [-0.15, -0.1) is 0 Å². The molecule has 0 saturated carbocycles. The van der Waals surface area contributed by atoms with Crippen LogP contribution in [-0.2, 0) is 10.4 Å². The van der Waals surface area contributed by atoms with Gasteiger partial charge in [0.25, 0.3) is 0 Å². The van der Waals surface area contributed by atoms with Gasteiger partial charge in [0.05, 0.1) is 0 Å². The van der Waals surface area contributed by atoms with E-state index >= 15 is 0 Å². The number of benzene rings is 1. The van der Waals surface area contributed by atoms with Gasteiger partial charge in [0.2, 0.25) is 0 Å². The Morgan fingerprint density at radius 3 is 2.07 bits per heavy atom. The lowest BCUT2D eigenvalue weighted by atomic mass is 9.99. The fraction of sp³-hybridized carbons (Fsp3) is 0.538. The molecular formula is C13H21NO. The summed E-state index contributed by atoms with van der Waals surface area (Å²) in [5, 5.41) is 1.98. The molecule has 84 valence electrons. The van der Waals surface area contributed by atoms with Crippen molar-refractivity contribution in [2.75, 3.05) is 13.1 Å². The van der Waals surface area contributed by atoms with Gasteiger partial charge in [-0.2, -0.15) is 5.06 Å². The van der Waals surface area contributed by atoms with Crippen molar-refractivity contribution in [1.29, 1.82) is 0 Å². The maximum absolute atomic E-state index is 5.96. The van der Waals surface area contributed by atoms with E-state index < -0.39 is 0 Å². The van der Waals surface area contributed by atoms with Crippen LogP contribution in [0.15, 0.2) is 30.3 Å². The first-order chi connectivity index (χ1) is 7.10. The molecule has 0 saturated heterocycles. The van der Waals surface area contributed by atoms with Crippen LogP contribution in [0, 0.1) is 0 Å². The summed E-state index contributed by atoms with van der Waals surface area (Å²) in [6, 6.07) is 10.3. The average Bonchev–Trinajstić information content (AvgIpc) is 2.27. The molecule has 0 radical (unpaired) electrons. The highest BCUT2D eigenvalue weighted by molar-refractivity contribution is 5.20. The lowest BCUT2D eigenvalue weighted by molar-refractivity contribution is -0.236. The molecule has 15 heavy (non-hydrogen) atoms. The van der Waals surface area contributed by atoms with E-state index in [1.807, 2.05) is 23.3 Å². The molecule has 0 aliphatic carbocycles. The van der Waals surface area contributed by atoms with E-state index in [-0.39, 0.29) is 5.60 Å². The smallest absolute Gasteiger partial charge is 0.109 e. The zero-order valence-electron chi connectivity index (χ0n) is 10.2. The highest BCUT2D eigenvalue weighted by Gasteiger charge is 2.23. The Kier molecular flexibility index (Phi) is 4.30. The summed E-state index contributed by atoms with van der Waals surface area (Å²) in [4.78, 5) is 5.96. The average molecular weight is 207 g/mol. The van der Waals surface area contributed by atoms with Crippen molar-refractivity contribution in [3.8, 4) is 0 Å². The summed E-state index contributed by atoms with van der Waals surface area (Å²) in [6.45, 7) is 10.2. The molecule has 0 spiro atoms. The van der Waals surface area contributed by atoms with Crippen molar-refractivity contribution in [1.82, 2.24) is 5.06 Å². The van der Waals surface area contributed by atoms with Gasteiger partial charge in [0.15, 0.2) is 0 Å². The Morgan fingerprint density at radius 1 is 1.07 bits per heavy atom. The molecule has 0 atom stereocenters. The van der Waals surface area contributed by atoms with Gasteiger partial charge in [-0.05, 0) is 19.4 Å². The standard InChI is InChI=1S/C13H21NO/c1-5-14(6-2)15-13(3,4)12-10-8-7-9-11-12/h7-11H,5-6H2,1-4H3. The Bertz CT molecular complexity index is 278. The lowest BCUT2D eigenvalue weighted by Crippen LogP contribution is -2.34. The minimum Gasteiger partial charge on any atom is -0.288 e. The van der Waals surface area contributed by atoms with Crippen molar-refractivity contribution in [3.05, 3.63) is 35.9 Å². The molecule has 0 heterocycles. The van der Waals surface area contributed by atoms with Gasteiger partial charge < -0.3 is 0 Å². The van der Waals surface area contributed by atoms with Gasteiger partial charge in [-0.25, -0.2) is 0 Å². The summed E-state index contributed by atoms with van der Waals surface area (Å²) in [5.74, 6) is 0. The highest BCUT2D eigenvalue weighted by Crippen LogP contribution is 2.25. The molecular weight excluding hydrogens is 186 g/mol. The number of hydroxylamine groups is 2. The zero-order valence-corrected chi connectivity index (χ0v) is 10.2. The fourth-order valence-corrected chi connectivity index (χ4v) is 1.57. The van der Waals surface area contributed by atoms with Crippen molar-refractivity contribution >= 4 is 0 Å². The van der Waals surface area contributed by atoms with E-state index in [4.69, 9.17) is 4.84 Å².